The highest BCUT2D eigenvalue weighted by molar-refractivity contribution is 6.11. The lowest BCUT2D eigenvalue weighted by molar-refractivity contribution is 1.23. The lowest BCUT2D eigenvalue weighted by atomic mass is 10.0. The topological polar surface area (TPSA) is 4.93 Å². The first-order valence-corrected chi connectivity index (χ1v) is 8.78. The van der Waals surface area contributed by atoms with Crippen molar-refractivity contribution in [1.82, 2.24) is 4.57 Å². The van der Waals surface area contributed by atoms with E-state index in [1.807, 2.05) is 6.08 Å². The summed E-state index contributed by atoms with van der Waals surface area (Å²) >= 11 is 0. The van der Waals surface area contributed by atoms with Gasteiger partial charge in [0.2, 0.25) is 0 Å². The lowest BCUT2D eigenvalue weighted by Gasteiger charge is -2.09. The Morgan fingerprint density at radius 3 is 2.36 bits per heavy atom. The van der Waals surface area contributed by atoms with Crippen LogP contribution in [-0.2, 0) is 0 Å². The summed E-state index contributed by atoms with van der Waals surface area (Å²) in [6.07, 6.45) is 10.4. The molecule has 1 nitrogen and oxygen atoms in total. The molecule has 0 bridgehead atoms. The first-order valence-electron chi connectivity index (χ1n) is 8.78. The Hall–Kier alpha value is -2.80. The van der Waals surface area contributed by atoms with E-state index in [-0.39, 0.29) is 0 Å². The van der Waals surface area contributed by atoms with Gasteiger partial charge < -0.3 is 4.57 Å². The second kappa shape index (κ2) is 6.98. The molecule has 0 fully saturated rings. The van der Waals surface area contributed by atoms with Crippen LogP contribution < -0.4 is 0 Å². The molecular weight excluding hydrogens is 302 g/mol. The van der Waals surface area contributed by atoms with Crippen LogP contribution in [0.2, 0.25) is 0 Å². The molecular formula is C24H25N. The Morgan fingerprint density at radius 1 is 0.920 bits per heavy atom. The van der Waals surface area contributed by atoms with Gasteiger partial charge in [0.15, 0.2) is 0 Å². The molecule has 0 saturated carbocycles. The van der Waals surface area contributed by atoms with Crippen molar-refractivity contribution >= 4 is 33.1 Å². The number of fused-ring (bicyclic) bond motifs is 3. The van der Waals surface area contributed by atoms with Crippen LogP contribution in [0.25, 0.3) is 33.1 Å². The molecule has 0 aliphatic carbocycles. The zero-order chi connectivity index (χ0) is 18.0. The number of aryl methyl sites for hydroxylation is 1. The molecule has 0 atom stereocenters. The molecule has 0 radical (unpaired) electrons. The maximum absolute atomic E-state index is 4.00. The van der Waals surface area contributed by atoms with E-state index in [0.717, 1.165) is 5.70 Å². The van der Waals surface area contributed by atoms with Crippen LogP contribution in [0.15, 0.2) is 73.4 Å². The molecule has 0 spiro atoms. The average molecular weight is 327 g/mol. The van der Waals surface area contributed by atoms with E-state index in [9.17, 15) is 0 Å². The van der Waals surface area contributed by atoms with Crippen LogP contribution in [0.4, 0.5) is 0 Å². The Balaban J connectivity index is 2.42. The first kappa shape index (κ1) is 17.0. The summed E-state index contributed by atoms with van der Waals surface area (Å²) in [5, 5.41) is 2.55. The molecule has 0 aliphatic heterocycles. The molecule has 1 heterocycles. The molecule has 126 valence electrons. The zero-order valence-corrected chi connectivity index (χ0v) is 15.5. The molecule has 0 saturated heterocycles. The van der Waals surface area contributed by atoms with Crippen LogP contribution in [0, 0.1) is 6.92 Å². The number of allylic oxidation sites excluding steroid dienone is 7. The third kappa shape index (κ3) is 2.87. The van der Waals surface area contributed by atoms with Crippen molar-refractivity contribution in [2.75, 3.05) is 0 Å². The maximum Gasteiger partial charge on any atom is 0.0543 e. The van der Waals surface area contributed by atoms with Gasteiger partial charge in [-0.25, -0.2) is 0 Å². The van der Waals surface area contributed by atoms with Gasteiger partial charge in [-0.15, -0.1) is 0 Å². The van der Waals surface area contributed by atoms with E-state index < -0.39 is 0 Å². The summed E-state index contributed by atoms with van der Waals surface area (Å²) in [4.78, 5) is 0. The van der Waals surface area contributed by atoms with Gasteiger partial charge in [-0.2, -0.15) is 0 Å². The number of hydrogen-bond donors (Lipinski definition) is 0. The largest absolute Gasteiger partial charge is 0.310 e. The zero-order valence-electron chi connectivity index (χ0n) is 15.5. The number of aromatic nitrogens is 1. The van der Waals surface area contributed by atoms with Gasteiger partial charge in [0.05, 0.1) is 11.0 Å². The van der Waals surface area contributed by atoms with Crippen molar-refractivity contribution in [3.8, 4) is 0 Å². The summed E-state index contributed by atoms with van der Waals surface area (Å²) in [5.41, 5.74) is 7.31. The Kier molecular flexibility index (Phi) is 4.76. The third-order valence-electron chi connectivity index (χ3n) is 4.68. The fourth-order valence-electron chi connectivity index (χ4n) is 3.47. The molecule has 2 aromatic carbocycles. The fraction of sp³-hybridized carbons (Fsp3) is 0.167. The van der Waals surface area contributed by atoms with Crippen LogP contribution in [-0.4, -0.2) is 4.57 Å². The van der Waals surface area contributed by atoms with E-state index in [2.05, 4.69) is 99.5 Å². The van der Waals surface area contributed by atoms with Gasteiger partial charge in [-0.3, -0.25) is 0 Å². The summed E-state index contributed by atoms with van der Waals surface area (Å²) < 4.78 is 2.30. The van der Waals surface area contributed by atoms with E-state index in [4.69, 9.17) is 0 Å². The summed E-state index contributed by atoms with van der Waals surface area (Å²) in [7, 11) is 0. The van der Waals surface area contributed by atoms with Crippen molar-refractivity contribution in [3.05, 3.63) is 84.5 Å². The molecule has 3 rings (SSSR count). The van der Waals surface area contributed by atoms with Gasteiger partial charge in [0, 0.05) is 16.5 Å². The van der Waals surface area contributed by atoms with Crippen molar-refractivity contribution in [2.24, 2.45) is 0 Å². The first-order chi connectivity index (χ1) is 12.1. The monoisotopic (exact) mass is 327 g/mol. The summed E-state index contributed by atoms with van der Waals surface area (Å²) in [5.74, 6) is 0. The predicted octanol–water partition coefficient (Wildman–Crippen LogP) is 7.13. The molecule has 1 aromatic heterocycles. The fourth-order valence-corrected chi connectivity index (χ4v) is 3.47. The molecule has 25 heavy (non-hydrogen) atoms. The summed E-state index contributed by atoms with van der Waals surface area (Å²) in [6, 6.07) is 13.4. The second-order valence-corrected chi connectivity index (χ2v) is 6.25. The molecule has 3 aromatic rings. The third-order valence-corrected chi connectivity index (χ3v) is 4.68. The van der Waals surface area contributed by atoms with E-state index in [1.165, 1.54) is 38.5 Å². The number of nitrogens with zero attached hydrogens (tertiary/aromatic N) is 1. The molecule has 0 N–H and O–H groups in total. The average Bonchev–Trinajstić information content (AvgIpc) is 2.94. The quantitative estimate of drug-likeness (QED) is 0.449. The highest BCUT2D eigenvalue weighted by atomic mass is 15.0. The summed E-state index contributed by atoms with van der Waals surface area (Å²) in [6.45, 7) is 12.3. The maximum atomic E-state index is 4.00. The van der Waals surface area contributed by atoms with Gasteiger partial charge in [0.25, 0.3) is 0 Å². The predicted molar refractivity (Wildman–Crippen MR) is 113 cm³/mol. The molecule has 0 unspecified atom stereocenters. The van der Waals surface area contributed by atoms with E-state index in [1.54, 1.807) is 0 Å². The van der Waals surface area contributed by atoms with Crippen LogP contribution in [0.3, 0.4) is 0 Å². The van der Waals surface area contributed by atoms with Gasteiger partial charge in [-0.05, 0) is 68.7 Å². The van der Waals surface area contributed by atoms with Gasteiger partial charge in [0.1, 0.15) is 0 Å². The Morgan fingerprint density at radius 2 is 1.72 bits per heavy atom. The SMILES string of the molecule is C=C/C(=C\C)n1c2ccc(C(/C=C\C)=C/C)cc2c2ccc(C)cc21. The lowest BCUT2D eigenvalue weighted by Crippen LogP contribution is -1.94. The van der Waals surface area contributed by atoms with Crippen molar-refractivity contribution in [2.45, 2.75) is 27.7 Å². The highest BCUT2D eigenvalue weighted by Crippen LogP contribution is 2.34. The van der Waals surface area contributed by atoms with E-state index >= 15 is 0 Å². The van der Waals surface area contributed by atoms with Crippen molar-refractivity contribution in [3.63, 3.8) is 0 Å². The molecule has 1 heteroatoms. The second-order valence-electron chi connectivity index (χ2n) is 6.25. The minimum atomic E-state index is 1.11. The molecule has 0 aliphatic rings. The molecule has 0 amide bonds. The number of hydrogen-bond acceptors (Lipinski definition) is 0. The smallest absolute Gasteiger partial charge is 0.0543 e. The number of rotatable bonds is 4. The van der Waals surface area contributed by atoms with Crippen LogP contribution in [0.1, 0.15) is 31.9 Å². The van der Waals surface area contributed by atoms with Gasteiger partial charge >= 0.3 is 0 Å². The Bertz CT molecular complexity index is 1040. The minimum absolute atomic E-state index is 1.11. The standard InChI is InChI=1S/C24H25N/c1-6-10-18(7-2)19-12-14-23-22(16-19)21-13-11-17(5)15-24(21)25(23)20(8-3)9-4/h6-16H,3H2,1-2,4-5H3/b10-6-,18-7+,20-9+. The van der Waals surface area contributed by atoms with Crippen LogP contribution >= 0.6 is 0 Å². The highest BCUT2D eigenvalue weighted by Gasteiger charge is 2.13. The van der Waals surface area contributed by atoms with E-state index in [0.29, 0.717) is 0 Å². The minimum Gasteiger partial charge on any atom is -0.310 e. The van der Waals surface area contributed by atoms with Crippen molar-refractivity contribution < 1.29 is 0 Å². The van der Waals surface area contributed by atoms with Crippen LogP contribution in [0.5, 0.6) is 0 Å². The van der Waals surface area contributed by atoms with Crippen molar-refractivity contribution in [1.29, 1.82) is 0 Å². The normalized spacial score (nSPS) is 13.3. The number of benzene rings is 2. The van der Waals surface area contributed by atoms with Gasteiger partial charge in [-0.1, -0.05) is 49.1 Å². The Labute approximate surface area is 150 Å².